The highest BCUT2D eigenvalue weighted by atomic mass is 32.1. The maximum atomic E-state index is 12.7. The zero-order valence-electron chi connectivity index (χ0n) is 17.1. The highest BCUT2D eigenvalue weighted by Gasteiger charge is 2.25. The van der Waals surface area contributed by atoms with Gasteiger partial charge in [0.2, 0.25) is 6.79 Å². The number of nitrogens with one attached hydrogen (secondary N) is 1. The molecular formula is C21H18N2O7S2. The molecule has 0 saturated heterocycles. The second-order valence-electron chi connectivity index (χ2n) is 6.79. The first-order chi connectivity index (χ1) is 15.4. The van der Waals surface area contributed by atoms with Crippen LogP contribution in [0.25, 0.3) is 0 Å². The molecule has 0 spiro atoms. The van der Waals surface area contributed by atoms with E-state index in [9.17, 15) is 19.7 Å². The van der Waals surface area contributed by atoms with E-state index in [4.69, 9.17) is 14.2 Å². The predicted molar refractivity (Wildman–Crippen MR) is 119 cm³/mol. The Hall–Kier alpha value is -3.44. The summed E-state index contributed by atoms with van der Waals surface area (Å²) in [7, 11) is 0. The number of nitrogens with zero attached hydrogens (tertiary/aromatic N) is 1. The molecule has 1 aliphatic rings. The lowest BCUT2D eigenvalue weighted by Crippen LogP contribution is -2.13. The predicted octanol–water partition coefficient (Wildman–Crippen LogP) is 4.77. The van der Waals surface area contributed by atoms with E-state index in [-0.39, 0.29) is 28.8 Å². The average Bonchev–Trinajstić information content (AvgIpc) is 3.48. The van der Waals surface area contributed by atoms with Crippen molar-refractivity contribution in [2.24, 2.45) is 0 Å². The zero-order chi connectivity index (χ0) is 22.8. The van der Waals surface area contributed by atoms with Crippen LogP contribution in [-0.4, -0.2) is 30.2 Å². The number of carbonyl (C=O) groups excluding carboxylic acids is 2. The first-order valence-corrected chi connectivity index (χ1v) is 11.2. The first-order valence-electron chi connectivity index (χ1n) is 9.60. The summed E-state index contributed by atoms with van der Waals surface area (Å²) in [5, 5.41) is 13.9. The molecule has 1 aliphatic heterocycles. The molecular weight excluding hydrogens is 456 g/mol. The number of nitro groups is 1. The van der Waals surface area contributed by atoms with Crippen LogP contribution in [0.2, 0.25) is 0 Å². The molecule has 0 bridgehead atoms. The van der Waals surface area contributed by atoms with Gasteiger partial charge < -0.3 is 19.5 Å². The third-order valence-electron chi connectivity index (χ3n) is 4.75. The van der Waals surface area contributed by atoms with Crippen LogP contribution in [0.15, 0.2) is 30.3 Å². The Morgan fingerprint density at radius 3 is 2.69 bits per heavy atom. The molecule has 1 aromatic carbocycles. The van der Waals surface area contributed by atoms with Crippen molar-refractivity contribution in [2.75, 3.05) is 18.7 Å². The fourth-order valence-corrected chi connectivity index (χ4v) is 5.15. The van der Waals surface area contributed by atoms with E-state index in [1.807, 2.05) is 18.2 Å². The lowest BCUT2D eigenvalue weighted by Gasteiger charge is -2.06. The molecule has 0 aliphatic carbocycles. The average molecular weight is 475 g/mol. The monoisotopic (exact) mass is 474 g/mol. The summed E-state index contributed by atoms with van der Waals surface area (Å²) in [4.78, 5) is 36.7. The number of esters is 1. The minimum Gasteiger partial charge on any atom is -0.462 e. The fraction of sp³-hybridized carbons (Fsp3) is 0.238. The van der Waals surface area contributed by atoms with Gasteiger partial charge in [0.25, 0.3) is 5.91 Å². The molecule has 2 aromatic heterocycles. The summed E-state index contributed by atoms with van der Waals surface area (Å²) in [5.74, 6) is 0.284. The quantitative estimate of drug-likeness (QED) is 0.298. The van der Waals surface area contributed by atoms with Gasteiger partial charge in [-0.3, -0.25) is 14.9 Å². The summed E-state index contributed by atoms with van der Waals surface area (Å²) >= 11 is 2.04. The van der Waals surface area contributed by atoms with Crippen molar-refractivity contribution in [3.05, 3.63) is 66.9 Å². The van der Waals surface area contributed by atoms with Crippen molar-refractivity contribution in [2.45, 2.75) is 20.3 Å². The molecule has 3 heterocycles. The number of benzene rings is 1. The highest BCUT2D eigenvalue weighted by molar-refractivity contribution is 7.18. The molecule has 0 radical (unpaired) electrons. The number of amides is 1. The number of thiophene rings is 2. The third-order valence-corrected chi connectivity index (χ3v) is 6.99. The van der Waals surface area contributed by atoms with Crippen molar-refractivity contribution in [3.63, 3.8) is 0 Å². The molecule has 9 nitrogen and oxygen atoms in total. The van der Waals surface area contributed by atoms with Gasteiger partial charge in [-0.05, 0) is 43.2 Å². The van der Waals surface area contributed by atoms with Crippen molar-refractivity contribution >= 4 is 44.6 Å². The van der Waals surface area contributed by atoms with Gasteiger partial charge >= 0.3 is 11.0 Å². The number of fused-ring (bicyclic) bond motifs is 1. The molecule has 11 heteroatoms. The van der Waals surface area contributed by atoms with Gasteiger partial charge in [-0.25, -0.2) is 4.79 Å². The Morgan fingerprint density at radius 1 is 1.19 bits per heavy atom. The van der Waals surface area contributed by atoms with E-state index in [1.54, 1.807) is 13.8 Å². The van der Waals surface area contributed by atoms with Crippen LogP contribution in [0.4, 0.5) is 10.0 Å². The van der Waals surface area contributed by atoms with E-state index < -0.39 is 16.8 Å². The van der Waals surface area contributed by atoms with E-state index >= 15 is 0 Å². The third kappa shape index (κ3) is 4.30. The van der Waals surface area contributed by atoms with Gasteiger partial charge in [0, 0.05) is 17.4 Å². The largest absolute Gasteiger partial charge is 0.462 e. The minimum atomic E-state index is -0.551. The summed E-state index contributed by atoms with van der Waals surface area (Å²) in [5.41, 5.74) is 1.95. The summed E-state index contributed by atoms with van der Waals surface area (Å²) in [6, 6.07) is 8.29. The molecule has 3 aromatic rings. The van der Waals surface area contributed by atoms with E-state index in [1.165, 1.54) is 23.5 Å². The summed E-state index contributed by atoms with van der Waals surface area (Å²) in [6.45, 7) is 3.88. The van der Waals surface area contributed by atoms with Crippen LogP contribution in [0.1, 0.15) is 43.0 Å². The van der Waals surface area contributed by atoms with E-state index in [0.717, 1.165) is 21.8 Å². The van der Waals surface area contributed by atoms with Gasteiger partial charge in [0.05, 0.1) is 22.0 Å². The standard InChI is InChI=1S/C21H18N2O7S2/c1-3-28-21(25)18-11(2)16(9-12-4-5-13-14(8-12)30-10-29-13)32-20(18)22-19(24)15-6-7-17(31-15)23(26)27/h4-8H,3,9-10H2,1-2H3,(H,22,24). The van der Waals surface area contributed by atoms with Crippen LogP contribution in [-0.2, 0) is 11.2 Å². The molecule has 32 heavy (non-hydrogen) atoms. The van der Waals surface area contributed by atoms with Gasteiger partial charge in [0.15, 0.2) is 11.5 Å². The Kier molecular flexibility index (Phi) is 6.10. The van der Waals surface area contributed by atoms with Crippen LogP contribution >= 0.6 is 22.7 Å². The SMILES string of the molecule is CCOC(=O)c1c(NC(=O)c2ccc([N+](=O)[O-])s2)sc(Cc2ccc3c(c2)OCO3)c1C. The number of hydrogen-bond acceptors (Lipinski definition) is 9. The van der Waals surface area contributed by atoms with E-state index in [0.29, 0.717) is 28.5 Å². The topological polar surface area (TPSA) is 117 Å². The number of carbonyl (C=O) groups is 2. The fourth-order valence-electron chi connectivity index (χ4n) is 3.22. The minimum absolute atomic E-state index is 0.133. The second-order valence-corrected chi connectivity index (χ2v) is 8.96. The Labute approximate surface area is 190 Å². The molecule has 0 unspecified atom stereocenters. The van der Waals surface area contributed by atoms with Gasteiger partial charge in [-0.2, -0.15) is 0 Å². The maximum Gasteiger partial charge on any atom is 0.341 e. The molecule has 0 saturated carbocycles. The van der Waals surface area contributed by atoms with Gasteiger partial charge in [-0.15, -0.1) is 11.3 Å². The summed E-state index contributed by atoms with van der Waals surface area (Å²) < 4.78 is 16.0. The molecule has 1 amide bonds. The van der Waals surface area contributed by atoms with Gasteiger partial charge in [0.1, 0.15) is 5.00 Å². The maximum absolute atomic E-state index is 12.7. The van der Waals surface area contributed by atoms with Gasteiger partial charge in [-0.1, -0.05) is 17.4 Å². The van der Waals surface area contributed by atoms with Crippen molar-refractivity contribution in [1.82, 2.24) is 0 Å². The number of ether oxygens (including phenoxy) is 3. The Balaban J connectivity index is 1.63. The van der Waals surface area contributed by atoms with Crippen LogP contribution in [0, 0.1) is 17.0 Å². The molecule has 4 rings (SSSR count). The highest BCUT2D eigenvalue weighted by Crippen LogP contribution is 2.38. The number of rotatable bonds is 7. The molecule has 1 N–H and O–H groups in total. The molecule has 0 atom stereocenters. The second kappa shape index (κ2) is 8.97. The molecule has 0 fully saturated rings. The summed E-state index contributed by atoms with van der Waals surface area (Å²) in [6.07, 6.45) is 0.514. The van der Waals surface area contributed by atoms with Crippen LogP contribution in [0.3, 0.4) is 0 Å². The lowest BCUT2D eigenvalue weighted by atomic mass is 10.1. The number of anilines is 1. The van der Waals surface area contributed by atoms with Crippen LogP contribution < -0.4 is 14.8 Å². The molecule has 166 valence electrons. The zero-order valence-corrected chi connectivity index (χ0v) is 18.8. The smallest absolute Gasteiger partial charge is 0.341 e. The number of hydrogen-bond donors (Lipinski definition) is 1. The van der Waals surface area contributed by atoms with Crippen molar-refractivity contribution in [1.29, 1.82) is 0 Å². The Bertz CT molecular complexity index is 1210. The lowest BCUT2D eigenvalue weighted by molar-refractivity contribution is -0.380. The van der Waals surface area contributed by atoms with Crippen LogP contribution in [0.5, 0.6) is 11.5 Å². The normalized spacial score (nSPS) is 11.9. The Morgan fingerprint density at radius 2 is 1.97 bits per heavy atom. The van der Waals surface area contributed by atoms with Crippen molar-refractivity contribution < 1.29 is 28.7 Å². The first kappa shape index (κ1) is 21.8. The van der Waals surface area contributed by atoms with E-state index in [2.05, 4.69) is 5.32 Å². The van der Waals surface area contributed by atoms with Crippen molar-refractivity contribution in [3.8, 4) is 11.5 Å².